The lowest BCUT2D eigenvalue weighted by Crippen LogP contribution is -2.41. The van der Waals surface area contributed by atoms with Gasteiger partial charge in [-0.15, -0.1) is 12.4 Å². The van der Waals surface area contributed by atoms with Gasteiger partial charge in [0.25, 0.3) is 0 Å². The minimum absolute atomic E-state index is 0. The number of halogens is 1. The third-order valence-corrected chi connectivity index (χ3v) is 8.25. The smallest absolute Gasteiger partial charge is 0.244 e. The molecule has 1 aromatic rings. The van der Waals surface area contributed by atoms with Crippen LogP contribution in [0.5, 0.6) is 0 Å². The van der Waals surface area contributed by atoms with Crippen LogP contribution in [0.4, 0.5) is 0 Å². The molecule has 1 fully saturated rings. The molecule has 0 aliphatic carbocycles. The van der Waals surface area contributed by atoms with E-state index in [1.54, 1.807) is 6.07 Å². The summed E-state index contributed by atoms with van der Waals surface area (Å²) in [5, 5.41) is 3.11. The summed E-state index contributed by atoms with van der Waals surface area (Å²) in [6, 6.07) is 5.80. The number of hydrogen-bond donors (Lipinski definition) is 1. The Balaban J connectivity index is 0.00000312. The quantitative estimate of drug-likeness (QED) is 0.753. The number of nitrogens with zero attached hydrogens (tertiary/aromatic N) is 2. The lowest BCUT2D eigenvalue weighted by Gasteiger charge is -2.31. The molecule has 0 atom stereocenters. The van der Waals surface area contributed by atoms with Crippen molar-refractivity contribution in [2.24, 2.45) is 5.92 Å². The molecule has 0 radical (unpaired) electrons. The molecule has 0 bridgehead atoms. The highest BCUT2D eigenvalue weighted by Gasteiger charge is 2.34. The van der Waals surface area contributed by atoms with Crippen LogP contribution in [0.15, 0.2) is 34.1 Å². The molecule has 25 heavy (non-hydrogen) atoms. The number of benzene rings is 1. The van der Waals surface area contributed by atoms with Gasteiger partial charge in [0.1, 0.15) is 9.79 Å². The first-order valence-electron chi connectivity index (χ1n) is 7.87. The number of nitrogens with one attached hydrogen (secondary N) is 1. The summed E-state index contributed by atoms with van der Waals surface area (Å²) in [4.78, 5) is -0.321. The van der Waals surface area contributed by atoms with E-state index in [1.807, 2.05) is 7.05 Å². The Kier molecular flexibility index (Phi) is 7.85. The third kappa shape index (κ3) is 4.72. The largest absolute Gasteiger partial charge is 0.319 e. The van der Waals surface area contributed by atoms with Crippen molar-refractivity contribution in [2.45, 2.75) is 22.6 Å². The molecular formula is C15H26ClN3O4S2. The van der Waals surface area contributed by atoms with Crippen molar-refractivity contribution in [2.75, 3.05) is 40.8 Å². The summed E-state index contributed by atoms with van der Waals surface area (Å²) in [7, 11) is -3.01. The van der Waals surface area contributed by atoms with Crippen LogP contribution in [-0.2, 0) is 20.0 Å². The first-order valence-corrected chi connectivity index (χ1v) is 10.8. The van der Waals surface area contributed by atoms with Crippen LogP contribution in [0.1, 0.15) is 12.8 Å². The Labute approximate surface area is 156 Å². The second-order valence-corrected chi connectivity index (χ2v) is 10.2. The normalized spacial score (nSPS) is 17.4. The molecule has 1 aliphatic heterocycles. The van der Waals surface area contributed by atoms with Crippen LogP contribution in [0.3, 0.4) is 0 Å². The molecule has 7 nitrogen and oxygen atoms in total. The zero-order valence-corrected chi connectivity index (χ0v) is 17.1. The summed E-state index contributed by atoms with van der Waals surface area (Å²) >= 11 is 0. The maximum absolute atomic E-state index is 13.0. The van der Waals surface area contributed by atoms with E-state index in [4.69, 9.17) is 0 Å². The van der Waals surface area contributed by atoms with Gasteiger partial charge < -0.3 is 5.32 Å². The fraction of sp³-hybridized carbons (Fsp3) is 0.600. The topological polar surface area (TPSA) is 86.8 Å². The van der Waals surface area contributed by atoms with Crippen LogP contribution in [0.25, 0.3) is 0 Å². The monoisotopic (exact) mass is 411 g/mol. The van der Waals surface area contributed by atoms with E-state index in [9.17, 15) is 16.8 Å². The zero-order chi connectivity index (χ0) is 18.0. The second kappa shape index (κ2) is 8.79. The van der Waals surface area contributed by atoms with E-state index in [0.29, 0.717) is 19.0 Å². The standard InChI is InChI=1S/C15H25N3O4S2.ClH/c1-16-12-13-8-10-18(11-9-13)24(21,22)15-7-5-4-6-14(15)23(19,20)17(2)3;/h4-7,13,16H,8-12H2,1-3H3;1H. The van der Waals surface area contributed by atoms with Gasteiger partial charge in [-0.1, -0.05) is 12.1 Å². The Morgan fingerprint density at radius 1 is 1.08 bits per heavy atom. The van der Waals surface area contributed by atoms with Gasteiger partial charge in [-0.2, -0.15) is 4.31 Å². The Morgan fingerprint density at radius 2 is 1.60 bits per heavy atom. The van der Waals surface area contributed by atoms with Crippen LogP contribution in [-0.4, -0.2) is 66.2 Å². The minimum Gasteiger partial charge on any atom is -0.319 e. The van der Waals surface area contributed by atoms with E-state index < -0.39 is 20.0 Å². The zero-order valence-electron chi connectivity index (χ0n) is 14.7. The molecule has 1 saturated heterocycles. The van der Waals surface area contributed by atoms with Gasteiger partial charge in [0.15, 0.2) is 0 Å². The minimum atomic E-state index is -3.84. The Morgan fingerprint density at radius 3 is 2.08 bits per heavy atom. The summed E-state index contributed by atoms with van der Waals surface area (Å²) in [6.45, 7) is 1.68. The van der Waals surface area contributed by atoms with E-state index in [1.165, 1.54) is 36.6 Å². The second-order valence-electron chi connectivity index (χ2n) is 6.14. The van der Waals surface area contributed by atoms with Gasteiger partial charge in [0.05, 0.1) is 0 Å². The van der Waals surface area contributed by atoms with E-state index in [2.05, 4.69) is 5.32 Å². The lowest BCUT2D eigenvalue weighted by molar-refractivity contribution is 0.270. The lowest BCUT2D eigenvalue weighted by atomic mass is 9.98. The number of hydrogen-bond acceptors (Lipinski definition) is 5. The predicted octanol–water partition coefficient (Wildman–Crippen LogP) is 0.979. The highest BCUT2D eigenvalue weighted by molar-refractivity contribution is 7.92. The summed E-state index contributed by atoms with van der Waals surface area (Å²) in [5.41, 5.74) is 0. The van der Waals surface area contributed by atoms with E-state index >= 15 is 0 Å². The number of rotatable bonds is 6. The van der Waals surface area contributed by atoms with Gasteiger partial charge in [0.2, 0.25) is 20.0 Å². The molecule has 1 aromatic carbocycles. The van der Waals surface area contributed by atoms with Crippen molar-refractivity contribution in [3.8, 4) is 0 Å². The van der Waals surface area contributed by atoms with Crippen molar-refractivity contribution >= 4 is 32.5 Å². The molecule has 144 valence electrons. The van der Waals surface area contributed by atoms with Crippen molar-refractivity contribution in [3.05, 3.63) is 24.3 Å². The molecule has 1 heterocycles. The molecule has 1 aliphatic rings. The molecular weight excluding hydrogens is 386 g/mol. The van der Waals surface area contributed by atoms with Crippen LogP contribution in [0, 0.1) is 5.92 Å². The van der Waals surface area contributed by atoms with Crippen LogP contribution < -0.4 is 5.32 Å². The van der Waals surface area contributed by atoms with E-state index in [0.717, 1.165) is 23.7 Å². The van der Waals surface area contributed by atoms with Crippen molar-refractivity contribution in [1.82, 2.24) is 13.9 Å². The van der Waals surface area contributed by atoms with Crippen LogP contribution in [0.2, 0.25) is 0 Å². The van der Waals surface area contributed by atoms with Gasteiger partial charge in [-0.25, -0.2) is 21.1 Å². The summed E-state index contributed by atoms with van der Waals surface area (Å²) in [6.07, 6.45) is 1.53. The highest BCUT2D eigenvalue weighted by Crippen LogP contribution is 2.28. The summed E-state index contributed by atoms with van der Waals surface area (Å²) < 4.78 is 53.3. The van der Waals surface area contributed by atoms with Gasteiger partial charge in [-0.3, -0.25) is 0 Å². The SMILES string of the molecule is CNCC1CCN(S(=O)(=O)c2ccccc2S(=O)(=O)N(C)C)CC1.Cl. The van der Waals surface area contributed by atoms with Crippen molar-refractivity contribution < 1.29 is 16.8 Å². The highest BCUT2D eigenvalue weighted by atomic mass is 35.5. The van der Waals surface area contributed by atoms with Crippen molar-refractivity contribution in [1.29, 1.82) is 0 Å². The molecule has 0 amide bonds. The van der Waals surface area contributed by atoms with Gasteiger partial charge >= 0.3 is 0 Å². The molecule has 0 saturated carbocycles. The van der Waals surface area contributed by atoms with Gasteiger partial charge in [-0.05, 0) is 44.5 Å². The molecule has 10 heteroatoms. The first-order chi connectivity index (χ1) is 11.2. The Hall–Kier alpha value is -0.710. The summed E-state index contributed by atoms with van der Waals surface area (Å²) in [5.74, 6) is 0.446. The predicted molar refractivity (Wildman–Crippen MR) is 100.0 cm³/mol. The van der Waals surface area contributed by atoms with E-state index in [-0.39, 0.29) is 22.2 Å². The fourth-order valence-electron chi connectivity index (χ4n) is 2.85. The van der Waals surface area contributed by atoms with Crippen molar-refractivity contribution in [3.63, 3.8) is 0 Å². The Bertz CT molecular complexity index is 774. The van der Waals surface area contributed by atoms with Crippen LogP contribution >= 0.6 is 12.4 Å². The fourth-order valence-corrected chi connectivity index (χ4v) is 6.00. The van der Waals surface area contributed by atoms with Gasteiger partial charge in [0, 0.05) is 27.2 Å². The average Bonchev–Trinajstić information content (AvgIpc) is 2.55. The maximum atomic E-state index is 13.0. The molecule has 0 unspecified atom stereocenters. The molecule has 0 spiro atoms. The first kappa shape index (κ1) is 22.3. The molecule has 1 N–H and O–H groups in total. The average molecular weight is 412 g/mol. The number of piperidine rings is 1. The third-order valence-electron chi connectivity index (χ3n) is 4.29. The number of sulfonamides is 2. The molecule has 0 aromatic heterocycles. The maximum Gasteiger partial charge on any atom is 0.244 e. The molecule has 2 rings (SSSR count).